The minimum atomic E-state index is 0.407. The van der Waals surface area contributed by atoms with Gasteiger partial charge in [-0.15, -0.1) is 10.2 Å². The molecule has 21 heavy (non-hydrogen) atoms. The summed E-state index contributed by atoms with van der Waals surface area (Å²) in [6.45, 7) is 5.38. The Balaban J connectivity index is 2.12. The van der Waals surface area contributed by atoms with Gasteiger partial charge in [-0.05, 0) is 13.3 Å². The minimum Gasteiger partial charge on any atom is -0.497 e. The van der Waals surface area contributed by atoms with E-state index in [2.05, 4.69) is 26.7 Å². The van der Waals surface area contributed by atoms with Crippen LogP contribution >= 0.6 is 11.8 Å². The van der Waals surface area contributed by atoms with Gasteiger partial charge in [0.2, 0.25) is 0 Å². The lowest BCUT2D eigenvalue weighted by Gasteiger charge is -2.08. The highest BCUT2D eigenvalue weighted by Crippen LogP contribution is 2.23. The van der Waals surface area contributed by atoms with E-state index in [-0.39, 0.29) is 0 Å². The van der Waals surface area contributed by atoms with Crippen molar-refractivity contribution in [1.82, 2.24) is 19.7 Å². The molecule has 0 aromatic carbocycles. The molecule has 0 aliphatic heterocycles. The maximum atomic E-state index is 5.70. The van der Waals surface area contributed by atoms with Gasteiger partial charge in [-0.2, -0.15) is 0 Å². The average Bonchev–Trinajstić information content (AvgIpc) is 2.87. The number of nitrogens with zero attached hydrogens (tertiary/aromatic N) is 4. The SMILES string of the molecule is CCCn1c(CN)nnc1SCc1cc(OC)cc(C)n1. The molecule has 0 amide bonds. The zero-order valence-corrected chi connectivity index (χ0v) is 13.5. The summed E-state index contributed by atoms with van der Waals surface area (Å²) in [7, 11) is 1.66. The molecule has 6 nitrogen and oxygen atoms in total. The van der Waals surface area contributed by atoms with Crippen molar-refractivity contribution in [3.63, 3.8) is 0 Å². The van der Waals surface area contributed by atoms with Gasteiger partial charge < -0.3 is 15.0 Å². The van der Waals surface area contributed by atoms with Crippen LogP contribution < -0.4 is 10.5 Å². The minimum absolute atomic E-state index is 0.407. The van der Waals surface area contributed by atoms with E-state index >= 15 is 0 Å². The number of ether oxygens (including phenoxy) is 1. The van der Waals surface area contributed by atoms with E-state index in [1.54, 1.807) is 18.9 Å². The summed E-state index contributed by atoms with van der Waals surface area (Å²) in [5, 5.41) is 9.25. The number of nitrogens with two attached hydrogens (primary N) is 1. The van der Waals surface area contributed by atoms with Gasteiger partial charge in [0, 0.05) is 30.1 Å². The molecule has 2 rings (SSSR count). The van der Waals surface area contributed by atoms with Crippen LogP contribution in [0.1, 0.15) is 30.6 Å². The van der Waals surface area contributed by atoms with Gasteiger partial charge in [0.1, 0.15) is 11.6 Å². The fourth-order valence-electron chi connectivity index (χ4n) is 2.06. The Labute approximate surface area is 129 Å². The number of aromatic nitrogens is 4. The fourth-order valence-corrected chi connectivity index (χ4v) is 2.93. The monoisotopic (exact) mass is 307 g/mol. The lowest BCUT2D eigenvalue weighted by atomic mass is 10.3. The van der Waals surface area contributed by atoms with E-state index < -0.39 is 0 Å². The topological polar surface area (TPSA) is 78.9 Å². The average molecular weight is 307 g/mol. The van der Waals surface area contributed by atoms with Crippen molar-refractivity contribution in [3.8, 4) is 5.75 Å². The van der Waals surface area contributed by atoms with Crippen LogP contribution in [-0.4, -0.2) is 26.9 Å². The summed E-state index contributed by atoms with van der Waals surface area (Å²) in [6, 6.07) is 3.87. The largest absolute Gasteiger partial charge is 0.497 e. The first-order valence-electron chi connectivity index (χ1n) is 6.94. The molecular weight excluding hydrogens is 286 g/mol. The van der Waals surface area contributed by atoms with Crippen molar-refractivity contribution in [2.75, 3.05) is 7.11 Å². The summed E-state index contributed by atoms with van der Waals surface area (Å²) in [5.74, 6) is 2.38. The van der Waals surface area contributed by atoms with Crippen molar-refractivity contribution in [1.29, 1.82) is 0 Å². The predicted molar refractivity (Wildman–Crippen MR) is 83.3 cm³/mol. The fraction of sp³-hybridized carbons (Fsp3) is 0.500. The molecule has 0 unspecified atom stereocenters. The van der Waals surface area contributed by atoms with Crippen LogP contribution in [0.25, 0.3) is 0 Å². The van der Waals surface area contributed by atoms with E-state index in [4.69, 9.17) is 10.5 Å². The second-order valence-corrected chi connectivity index (χ2v) is 5.63. The number of thioether (sulfide) groups is 1. The molecule has 2 N–H and O–H groups in total. The number of rotatable bonds is 7. The van der Waals surface area contributed by atoms with Crippen LogP contribution in [0.5, 0.6) is 5.75 Å². The van der Waals surface area contributed by atoms with Crippen LogP contribution in [0.15, 0.2) is 17.3 Å². The summed E-state index contributed by atoms with van der Waals surface area (Å²) in [6.07, 6.45) is 1.02. The summed E-state index contributed by atoms with van der Waals surface area (Å²) in [4.78, 5) is 4.52. The van der Waals surface area contributed by atoms with Crippen molar-refractivity contribution >= 4 is 11.8 Å². The highest BCUT2D eigenvalue weighted by atomic mass is 32.2. The second-order valence-electron chi connectivity index (χ2n) is 4.68. The zero-order chi connectivity index (χ0) is 15.2. The Hall–Kier alpha value is -1.60. The van der Waals surface area contributed by atoms with E-state index in [1.807, 2.05) is 19.1 Å². The van der Waals surface area contributed by atoms with Crippen molar-refractivity contribution in [2.45, 2.75) is 44.3 Å². The third-order valence-corrected chi connectivity index (χ3v) is 3.99. The maximum absolute atomic E-state index is 5.70. The Morgan fingerprint density at radius 3 is 2.81 bits per heavy atom. The number of aryl methyl sites for hydroxylation is 1. The van der Waals surface area contributed by atoms with Gasteiger partial charge in [0.15, 0.2) is 5.16 Å². The number of pyridine rings is 1. The Bertz CT molecular complexity index is 599. The van der Waals surface area contributed by atoms with Crippen molar-refractivity contribution in [3.05, 3.63) is 29.3 Å². The van der Waals surface area contributed by atoms with Crippen LogP contribution in [0.2, 0.25) is 0 Å². The highest BCUT2D eigenvalue weighted by molar-refractivity contribution is 7.98. The third kappa shape index (κ3) is 3.95. The molecule has 0 fully saturated rings. The smallest absolute Gasteiger partial charge is 0.191 e. The van der Waals surface area contributed by atoms with Crippen LogP contribution in [0.4, 0.5) is 0 Å². The van der Waals surface area contributed by atoms with E-state index in [9.17, 15) is 0 Å². The van der Waals surface area contributed by atoms with Gasteiger partial charge in [0.05, 0.1) is 19.3 Å². The summed E-state index contributed by atoms with van der Waals surface area (Å²) in [5.41, 5.74) is 7.61. The van der Waals surface area contributed by atoms with Crippen molar-refractivity contribution in [2.24, 2.45) is 5.73 Å². The second kappa shape index (κ2) is 7.42. The van der Waals surface area contributed by atoms with Crippen LogP contribution in [-0.2, 0) is 18.8 Å². The van der Waals surface area contributed by atoms with Crippen molar-refractivity contribution < 1.29 is 4.74 Å². The molecule has 0 atom stereocenters. The van der Waals surface area contributed by atoms with Gasteiger partial charge in [-0.25, -0.2) is 0 Å². The third-order valence-electron chi connectivity index (χ3n) is 2.99. The first-order valence-corrected chi connectivity index (χ1v) is 7.93. The molecule has 0 bridgehead atoms. The van der Waals surface area contributed by atoms with Crippen LogP contribution in [0.3, 0.4) is 0 Å². The van der Waals surface area contributed by atoms with Gasteiger partial charge in [-0.3, -0.25) is 4.98 Å². The van der Waals surface area contributed by atoms with E-state index in [0.29, 0.717) is 6.54 Å². The molecule has 0 radical (unpaired) electrons. The summed E-state index contributed by atoms with van der Waals surface area (Å²) >= 11 is 1.62. The highest BCUT2D eigenvalue weighted by Gasteiger charge is 2.11. The predicted octanol–water partition coefficient (Wildman–Crippen LogP) is 2.15. The molecular formula is C14H21N5OS. The normalized spacial score (nSPS) is 10.9. The molecule has 2 heterocycles. The van der Waals surface area contributed by atoms with E-state index in [0.717, 1.165) is 46.8 Å². The zero-order valence-electron chi connectivity index (χ0n) is 12.7. The molecule has 114 valence electrons. The molecule has 0 aliphatic carbocycles. The Morgan fingerprint density at radius 2 is 2.14 bits per heavy atom. The maximum Gasteiger partial charge on any atom is 0.191 e. The first kappa shape index (κ1) is 15.8. The lowest BCUT2D eigenvalue weighted by Crippen LogP contribution is -2.09. The Morgan fingerprint density at radius 1 is 1.33 bits per heavy atom. The first-order chi connectivity index (χ1) is 10.2. The molecule has 0 aliphatic rings. The molecule has 0 spiro atoms. The molecule has 0 saturated carbocycles. The quantitative estimate of drug-likeness (QED) is 0.790. The van der Waals surface area contributed by atoms with Crippen LogP contribution in [0, 0.1) is 6.92 Å². The Kier molecular flexibility index (Phi) is 5.58. The molecule has 2 aromatic heterocycles. The summed E-state index contributed by atoms with van der Waals surface area (Å²) < 4.78 is 7.35. The molecule has 2 aromatic rings. The van der Waals surface area contributed by atoms with Gasteiger partial charge >= 0.3 is 0 Å². The van der Waals surface area contributed by atoms with E-state index in [1.165, 1.54) is 0 Å². The van der Waals surface area contributed by atoms with Gasteiger partial charge in [-0.1, -0.05) is 18.7 Å². The van der Waals surface area contributed by atoms with Gasteiger partial charge in [0.25, 0.3) is 0 Å². The number of hydrogen-bond donors (Lipinski definition) is 1. The number of methoxy groups -OCH3 is 1. The molecule has 0 saturated heterocycles. The number of hydrogen-bond acceptors (Lipinski definition) is 6. The molecule has 7 heteroatoms. The standard InChI is InChI=1S/C14H21N5OS/c1-4-5-19-13(8-15)17-18-14(19)21-9-11-7-12(20-3)6-10(2)16-11/h6-7H,4-5,8-9,15H2,1-3H3. The lowest BCUT2D eigenvalue weighted by molar-refractivity contribution is 0.413.